The Kier molecular flexibility index (Phi) is 10.7. The van der Waals surface area contributed by atoms with Crippen molar-refractivity contribution < 1.29 is 0 Å². The summed E-state index contributed by atoms with van der Waals surface area (Å²) < 4.78 is 0. The fourth-order valence-corrected chi connectivity index (χ4v) is 4.96. The molecule has 0 radical (unpaired) electrons. The highest BCUT2D eigenvalue weighted by Gasteiger charge is 2.16. The number of nitrogens with zero attached hydrogens (tertiary/aromatic N) is 2. The highest BCUT2D eigenvalue weighted by atomic mass is 35.5. The van der Waals surface area contributed by atoms with Gasteiger partial charge in [0.2, 0.25) is 0 Å². The van der Waals surface area contributed by atoms with Gasteiger partial charge in [-0.05, 0) is 48.5 Å². The molecular formula is C20H25Cl3N2S2. The van der Waals surface area contributed by atoms with Gasteiger partial charge in [0.05, 0.1) is 0 Å². The molecule has 1 aliphatic heterocycles. The SMILES string of the molecule is Cl.Clc1ccc(SCCN2CCN(CCSc3ccc(Cl)cc3)CC2)cc1. The second-order valence-corrected chi connectivity index (χ2v) is 9.50. The molecule has 0 spiro atoms. The summed E-state index contributed by atoms with van der Waals surface area (Å²) in [5.41, 5.74) is 0. The average Bonchev–Trinajstić information content (AvgIpc) is 2.66. The van der Waals surface area contributed by atoms with Crippen LogP contribution in [-0.4, -0.2) is 60.6 Å². The molecule has 1 heterocycles. The minimum absolute atomic E-state index is 0. The fourth-order valence-electron chi connectivity index (χ4n) is 2.88. The van der Waals surface area contributed by atoms with E-state index in [0.717, 1.165) is 34.6 Å². The van der Waals surface area contributed by atoms with E-state index in [4.69, 9.17) is 23.2 Å². The molecule has 27 heavy (non-hydrogen) atoms. The summed E-state index contributed by atoms with van der Waals surface area (Å²) in [7, 11) is 0. The van der Waals surface area contributed by atoms with Crippen molar-refractivity contribution >= 4 is 59.1 Å². The van der Waals surface area contributed by atoms with Crippen LogP contribution in [0, 0.1) is 0 Å². The predicted octanol–water partition coefficient (Wildman–Crippen LogP) is 5.92. The largest absolute Gasteiger partial charge is 0.300 e. The molecule has 0 N–H and O–H groups in total. The van der Waals surface area contributed by atoms with Crippen molar-refractivity contribution in [3.05, 3.63) is 58.6 Å². The van der Waals surface area contributed by atoms with E-state index >= 15 is 0 Å². The van der Waals surface area contributed by atoms with Crippen LogP contribution in [0.4, 0.5) is 0 Å². The summed E-state index contributed by atoms with van der Waals surface area (Å²) in [6.45, 7) is 7.00. The topological polar surface area (TPSA) is 6.48 Å². The molecule has 0 saturated carbocycles. The van der Waals surface area contributed by atoms with Crippen LogP contribution in [0.2, 0.25) is 10.0 Å². The lowest BCUT2D eigenvalue weighted by molar-refractivity contribution is 0.144. The van der Waals surface area contributed by atoms with Crippen LogP contribution >= 0.6 is 59.1 Å². The van der Waals surface area contributed by atoms with Gasteiger partial charge in [-0.15, -0.1) is 35.9 Å². The zero-order valence-corrected chi connectivity index (χ0v) is 19.1. The molecule has 0 aromatic heterocycles. The molecule has 0 atom stereocenters. The normalized spacial score (nSPS) is 15.5. The zero-order valence-electron chi connectivity index (χ0n) is 15.2. The van der Waals surface area contributed by atoms with E-state index in [1.54, 1.807) is 0 Å². The van der Waals surface area contributed by atoms with Crippen molar-refractivity contribution in [2.24, 2.45) is 0 Å². The number of hydrogen-bond acceptors (Lipinski definition) is 4. The molecule has 2 aromatic carbocycles. The van der Waals surface area contributed by atoms with Crippen LogP contribution in [0.15, 0.2) is 58.3 Å². The van der Waals surface area contributed by atoms with Gasteiger partial charge in [-0.2, -0.15) is 0 Å². The van der Waals surface area contributed by atoms with Gasteiger partial charge in [-0.1, -0.05) is 23.2 Å². The van der Waals surface area contributed by atoms with Crippen molar-refractivity contribution in [1.82, 2.24) is 9.80 Å². The third-order valence-corrected chi connectivity index (χ3v) is 6.93. The first kappa shape index (κ1) is 23.2. The van der Waals surface area contributed by atoms with E-state index in [-0.39, 0.29) is 12.4 Å². The maximum Gasteiger partial charge on any atom is 0.0406 e. The Labute approximate surface area is 187 Å². The Morgan fingerprint density at radius 3 is 1.30 bits per heavy atom. The van der Waals surface area contributed by atoms with Gasteiger partial charge in [0.25, 0.3) is 0 Å². The molecule has 0 bridgehead atoms. The van der Waals surface area contributed by atoms with Crippen molar-refractivity contribution in [2.75, 3.05) is 50.8 Å². The Bertz CT molecular complexity index is 600. The Balaban J connectivity index is 0.00000261. The average molecular weight is 464 g/mol. The molecule has 2 aromatic rings. The van der Waals surface area contributed by atoms with E-state index in [9.17, 15) is 0 Å². The second kappa shape index (κ2) is 12.5. The van der Waals surface area contributed by atoms with E-state index in [1.807, 2.05) is 47.8 Å². The number of thioether (sulfide) groups is 2. The van der Waals surface area contributed by atoms with Crippen LogP contribution in [0.25, 0.3) is 0 Å². The third kappa shape index (κ3) is 8.45. The zero-order chi connectivity index (χ0) is 18.2. The Morgan fingerprint density at radius 1 is 0.630 bits per heavy atom. The van der Waals surface area contributed by atoms with Crippen LogP contribution in [0.3, 0.4) is 0 Å². The number of benzene rings is 2. The van der Waals surface area contributed by atoms with Crippen molar-refractivity contribution in [3.8, 4) is 0 Å². The van der Waals surface area contributed by atoms with Gasteiger partial charge in [0, 0.05) is 70.6 Å². The van der Waals surface area contributed by atoms with Crippen molar-refractivity contribution in [3.63, 3.8) is 0 Å². The van der Waals surface area contributed by atoms with E-state index in [0.29, 0.717) is 0 Å². The van der Waals surface area contributed by atoms with Crippen LogP contribution in [0.1, 0.15) is 0 Å². The molecule has 0 unspecified atom stereocenters. The first-order chi connectivity index (χ1) is 12.7. The highest BCUT2D eigenvalue weighted by Crippen LogP contribution is 2.21. The lowest BCUT2D eigenvalue weighted by Gasteiger charge is -2.34. The van der Waals surface area contributed by atoms with Gasteiger partial charge in [0.15, 0.2) is 0 Å². The van der Waals surface area contributed by atoms with Crippen LogP contribution in [-0.2, 0) is 0 Å². The monoisotopic (exact) mass is 462 g/mol. The van der Waals surface area contributed by atoms with E-state index in [1.165, 1.54) is 36.0 Å². The lowest BCUT2D eigenvalue weighted by atomic mass is 10.3. The standard InChI is InChI=1S/C20H24Cl2N2S2.ClH/c21-17-1-5-19(6-2-17)25-15-13-23-9-11-24(12-10-23)14-16-26-20-7-3-18(22)4-8-20;/h1-8H,9-16H2;1H. The lowest BCUT2D eigenvalue weighted by Crippen LogP contribution is -2.47. The summed E-state index contributed by atoms with van der Waals surface area (Å²) in [6.07, 6.45) is 0. The van der Waals surface area contributed by atoms with Gasteiger partial charge in [0.1, 0.15) is 0 Å². The van der Waals surface area contributed by atoms with Gasteiger partial charge >= 0.3 is 0 Å². The number of piperazine rings is 1. The molecule has 0 aliphatic carbocycles. The summed E-state index contributed by atoms with van der Waals surface area (Å²) >= 11 is 15.7. The molecule has 3 rings (SSSR count). The molecule has 2 nitrogen and oxygen atoms in total. The second-order valence-electron chi connectivity index (χ2n) is 6.29. The molecule has 7 heteroatoms. The Morgan fingerprint density at radius 2 is 0.963 bits per heavy atom. The highest BCUT2D eigenvalue weighted by molar-refractivity contribution is 7.99. The van der Waals surface area contributed by atoms with E-state index < -0.39 is 0 Å². The molecule has 1 saturated heterocycles. The summed E-state index contributed by atoms with van der Waals surface area (Å²) in [5, 5.41) is 1.61. The molecule has 1 aliphatic rings. The van der Waals surface area contributed by atoms with Gasteiger partial charge < -0.3 is 0 Å². The first-order valence-corrected chi connectivity index (χ1v) is 11.6. The smallest absolute Gasteiger partial charge is 0.0406 e. The Hall–Kier alpha value is -0.0700. The summed E-state index contributed by atoms with van der Waals surface area (Å²) in [4.78, 5) is 7.75. The minimum Gasteiger partial charge on any atom is -0.300 e. The summed E-state index contributed by atoms with van der Waals surface area (Å²) in [6, 6.07) is 16.3. The molecular weight excluding hydrogens is 439 g/mol. The number of halogens is 3. The molecule has 1 fully saturated rings. The minimum atomic E-state index is 0. The maximum atomic E-state index is 5.93. The van der Waals surface area contributed by atoms with Gasteiger partial charge in [-0.25, -0.2) is 0 Å². The number of hydrogen-bond donors (Lipinski definition) is 0. The van der Waals surface area contributed by atoms with Crippen molar-refractivity contribution in [1.29, 1.82) is 0 Å². The maximum absolute atomic E-state index is 5.93. The number of rotatable bonds is 8. The third-order valence-electron chi connectivity index (χ3n) is 4.44. The summed E-state index contributed by atoms with van der Waals surface area (Å²) in [5.74, 6) is 2.27. The van der Waals surface area contributed by atoms with Crippen molar-refractivity contribution in [2.45, 2.75) is 9.79 Å². The predicted molar refractivity (Wildman–Crippen MR) is 124 cm³/mol. The first-order valence-electron chi connectivity index (χ1n) is 8.90. The fraction of sp³-hybridized carbons (Fsp3) is 0.400. The quantitative estimate of drug-likeness (QED) is 0.448. The van der Waals surface area contributed by atoms with E-state index in [2.05, 4.69) is 34.1 Å². The molecule has 148 valence electrons. The van der Waals surface area contributed by atoms with Gasteiger partial charge in [-0.3, -0.25) is 9.80 Å². The van der Waals surface area contributed by atoms with Crippen LogP contribution in [0.5, 0.6) is 0 Å². The van der Waals surface area contributed by atoms with Crippen LogP contribution < -0.4 is 0 Å². The molecule has 0 amide bonds.